The van der Waals surface area contributed by atoms with Crippen LogP contribution in [0.1, 0.15) is 44.4 Å². The molecule has 0 aliphatic carbocycles. The van der Waals surface area contributed by atoms with Crippen molar-refractivity contribution in [2.45, 2.75) is 80.4 Å². The van der Waals surface area contributed by atoms with Crippen molar-refractivity contribution in [3.8, 4) is 0 Å². The third kappa shape index (κ3) is 4.90. The second-order valence-corrected chi connectivity index (χ2v) is 8.67. The first-order valence-corrected chi connectivity index (χ1v) is 9.21. The number of hydrogen-bond acceptors (Lipinski definition) is 1. The van der Waals surface area contributed by atoms with Crippen LogP contribution in [-0.2, 0) is 5.41 Å². The molecule has 0 heterocycles. The smallest absolute Gasteiger partial charge is 0.388 e. The summed E-state index contributed by atoms with van der Waals surface area (Å²) in [4.78, 5) is 0. The van der Waals surface area contributed by atoms with Gasteiger partial charge in [0.1, 0.15) is 0 Å². The number of rotatable bonds is 8. The van der Waals surface area contributed by atoms with E-state index in [2.05, 4.69) is 0 Å². The van der Waals surface area contributed by atoms with Gasteiger partial charge in [0.25, 0.3) is 0 Å². The minimum Gasteiger partial charge on any atom is -0.388 e. The molecule has 0 aliphatic heterocycles. The molecule has 0 saturated heterocycles. The van der Waals surface area contributed by atoms with Crippen molar-refractivity contribution in [2.75, 3.05) is 0 Å². The van der Waals surface area contributed by atoms with Crippen LogP contribution in [-0.4, -0.2) is 46.8 Å². The summed E-state index contributed by atoms with van der Waals surface area (Å²) in [5, 5.41) is 9.81. The zero-order valence-corrected chi connectivity index (χ0v) is 17.7. The van der Waals surface area contributed by atoms with Crippen molar-refractivity contribution >= 4 is 0 Å². The molecule has 0 bridgehead atoms. The van der Waals surface area contributed by atoms with Crippen molar-refractivity contribution in [3.05, 3.63) is 35.4 Å². The summed E-state index contributed by atoms with van der Waals surface area (Å²) < 4.78 is 199. The highest BCUT2D eigenvalue weighted by Gasteiger charge is 2.93. The van der Waals surface area contributed by atoms with Gasteiger partial charge in [-0.25, -0.2) is 0 Å². The highest BCUT2D eigenvalue weighted by molar-refractivity contribution is 5.30. The molecular weight excluding hydrogens is 529 g/mol. The highest BCUT2D eigenvalue weighted by atomic mass is 19.4. The lowest BCUT2D eigenvalue weighted by Crippen LogP contribution is -2.72. The lowest BCUT2D eigenvalue weighted by atomic mass is 9.84. The van der Waals surface area contributed by atoms with Crippen LogP contribution < -0.4 is 0 Å². The number of aliphatic hydroxyl groups is 1. The van der Waals surface area contributed by atoms with Crippen LogP contribution in [0.25, 0.3) is 0 Å². The van der Waals surface area contributed by atoms with Crippen LogP contribution in [0, 0.1) is 0 Å². The summed E-state index contributed by atoms with van der Waals surface area (Å²) in [7, 11) is 0. The predicted molar refractivity (Wildman–Crippen MR) is 90.5 cm³/mol. The molecule has 0 saturated carbocycles. The summed E-state index contributed by atoms with van der Waals surface area (Å²) in [5.41, 5.74) is -1.07. The topological polar surface area (TPSA) is 20.2 Å². The number of benzene rings is 1. The Labute approximate surface area is 187 Å². The molecule has 0 radical (unpaired) electrons. The van der Waals surface area contributed by atoms with Gasteiger partial charge in [-0.15, -0.1) is 0 Å². The first kappa shape index (κ1) is 31.2. The lowest BCUT2D eigenvalue weighted by Gasteiger charge is -2.41. The van der Waals surface area contributed by atoms with Gasteiger partial charge >= 0.3 is 41.7 Å². The van der Waals surface area contributed by atoms with Crippen molar-refractivity contribution < 1.29 is 71.0 Å². The number of hydrogen-bond donors (Lipinski definition) is 1. The van der Waals surface area contributed by atoms with Crippen molar-refractivity contribution in [1.29, 1.82) is 0 Å². The minimum absolute atomic E-state index is 0.287. The molecule has 1 N–H and O–H groups in total. The molecule has 1 atom stereocenters. The van der Waals surface area contributed by atoms with Crippen LogP contribution >= 0.6 is 0 Å². The molecule has 1 aromatic rings. The van der Waals surface area contributed by atoms with E-state index in [1.165, 1.54) is 6.07 Å². The molecule has 0 aromatic heterocycles. The van der Waals surface area contributed by atoms with Crippen LogP contribution in [0.3, 0.4) is 0 Å². The van der Waals surface area contributed by atoms with Gasteiger partial charge in [-0.1, -0.05) is 45.0 Å². The third-order valence-electron chi connectivity index (χ3n) is 4.98. The van der Waals surface area contributed by atoms with E-state index in [4.69, 9.17) is 0 Å². The van der Waals surface area contributed by atoms with E-state index in [0.29, 0.717) is 0 Å². The average molecular weight is 546 g/mol. The van der Waals surface area contributed by atoms with Crippen LogP contribution in [0.2, 0.25) is 0 Å². The molecule has 1 aromatic carbocycles. The van der Waals surface area contributed by atoms with Gasteiger partial charge in [0.05, 0.1) is 6.10 Å². The van der Waals surface area contributed by atoms with E-state index in [9.17, 15) is 71.0 Å². The Morgan fingerprint density at radius 1 is 0.629 bits per heavy atom. The molecule has 0 fully saturated rings. The summed E-state index contributed by atoms with van der Waals surface area (Å²) in [6.07, 6.45) is -13.3. The van der Waals surface area contributed by atoms with Gasteiger partial charge in [-0.3, -0.25) is 0 Å². The first-order valence-electron chi connectivity index (χ1n) is 9.21. The Morgan fingerprint density at radius 3 is 1.43 bits per heavy atom. The molecule has 0 aliphatic rings. The van der Waals surface area contributed by atoms with Crippen LogP contribution in [0.5, 0.6) is 0 Å². The van der Waals surface area contributed by atoms with Crippen molar-refractivity contribution in [3.63, 3.8) is 0 Å². The van der Waals surface area contributed by atoms with E-state index in [0.717, 1.165) is 18.2 Å². The molecule has 204 valence electrons. The predicted octanol–water partition coefficient (Wildman–Crippen LogP) is 7.78. The fourth-order valence-electron chi connectivity index (χ4n) is 2.70. The van der Waals surface area contributed by atoms with E-state index in [1.807, 2.05) is 0 Å². The highest BCUT2D eigenvalue weighted by Crippen LogP contribution is 2.63. The van der Waals surface area contributed by atoms with E-state index in [1.54, 1.807) is 20.8 Å². The number of aliphatic hydroxyl groups excluding tert-OH is 1. The molecule has 16 heteroatoms. The van der Waals surface area contributed by atoms with Crippen molar-refractivity contribution in [2.24, 2.45) is 0 Å². The fourth-order valence-corrected chi connectivity index (χ4v) is 2.70. The molecule has 1 unspecified atom stereocenters. The van der Waals surface area contributed by atoms with Gasteiger partial charge in [-0.05, 0) is 16.5 Å². The molecule has 1 nitrogen and oxygen atoms in total. The van der Waals surface area contributed by atoms with Crippen LogP contribution in [0.4, 0.5) is 65.9 Å². The van der Waals surface area contributed by atoms with E-state index in [-0.39, 0.29) is 5.56 Å². The van der Waals surface area contributed by atoms with Gasteiger partial charge in [0, 0.05) is 6.42 Å². The van der Waals surface area contributed by atoms with Crippen molar-refractivity contribution in [1.82, 2.24) is 0 Å². The fraction of sp³-hybridized carbons (Fsp3) is 0.684. The Balaban J connectivity index is 3.46. The third-order valence-corrected chi connectivity index (χ3v) is 4.98. The monoisotopic (exact) mass is 546 g/mol. The SMILES string of the molecule is CC(C)(C)c1cccc(C(O)CC(F)(F)C(F)(F)C(F)(F)C(F)(F)C(F)(F)C(F)(F)C(F)(F)F)c1. The van der Waals surface area contributed by atoms with Gasteiger partial charge in [0.2, 0.25) is 0 Å². The number of halogens is 15. The maximum Gasteiger partial charge on any atom is 0.460 e. The second-order valence-electron chi connectivity index (χ2n) is 8.67. The molecule has 0 amide bonds. The quantitative estimate of drug-likeness (QED) is 0.330. The molecule has 0 spiro atoms. The Bertz CT molecular complexity index is 896. The summed E-state index contributed by atoms with van der Waals surface area (Å²) >= 11 is 0. The maximum atomic E-state index is 14.0. The largest absolute Gasteiger partial charge is 0.460 e. The maximum absolute atomic E-state index is 14.0. The first-order chi connectivity index (χ1) is 15.1. The van der Waals surface area contributed by atoms with Gasteiger partial charge in [-0.2, -0.15) is 65.9 Å². The average Bonchev–Trinajstić information content (AvgIpc) is 2.65. The molecular formula is C19H17F15O. The van der Waals surface area contributed by atoms with Gasteiger partial charge < -0.3 is 5.11 Å². The van der Waals surface area contributed by atoms with E-state index >= 15 is 0 Å². The zero-order valence-electron chi connectivity index (χ0n) is 17.7. The summed E-state index contributed by atoms with van der Waals surface area (Å²) in [5.74, 6) is -47.0. The van der Waals surface area contributed by atoms with Crippen LogP contribution in [0.15, 0.2) is 24.3 Å². The Morgan fingerprint density at radius 2 is 1.03 bits per heavy atom. The second kappa shape index (κ2) is 8.61. The van der Waals surface area contributed by atoms with Gasteiger partial charge in [0.15, 0.2) is 0 Å². The standard InChI is InChI=1S/C19H17F15O/c1-12(2,3)10-6-4-5-9(7-10)11(35)8-13(20,21)14(22,23)15(24,25)16(26,27)17(28,29)18(30,31)19(32,33)34/h4-7,11,35H,8H2,1-3H3. The Hall–Kier alpha value is -1.87. The molecule has 1 rings (SSSR count). The summed E-state index contributed by atoms with van der Waals surface area (Å²) in [6.45, 7) is 4.71. The zero-order chi connectivity index (χ0) is 28.3. The molecule has 35 heavy (non-hydrogen) atoms. The summed E-state index contributed by atoms with van der Waals surface area (Å²) in [6, 6.07) is 4.26. The minimum atomic E-state index is -8.34. The number of alkyl halides is 15. The lowest BCUT2D eigenvalue weighted by molar-refractivity contribution is -0.453. The normalized spacial score (nSPS) is 16.4. The Kier molecular flexibility index (Phi) is 7.67. The van der Waals surface area contributed by atoms with E-state index < -0.39 is 65.2 Å².